The summed E-state index contributed by atoms with van der Waals surface area (Å²) in [6.45, 7) is 4.94. The summed E-state index contributed by atoms with van der Waals surface area (Å²) >= 11 is 0. The molecule has 1 rings (SSSR count). The molecule has 7 heteroatoms. The summed E-state index contributed by atoms with van der Waals surface area (Å²) in [5, 5.41) is 18.4. The highest BCUT2D eigenvalue weighted by Crippen LogP contribution is 2.26. The predicted molar refractivity (Wildman–Crippen MR) is 72.4 cm³/mol. The number of carboxylic acids is 1. The third-order valence-electron chi connectivity index (χ3n) is 2.59. The Morgan fingerprint density at radius 2 is 1.90 bits per heavy atom. The topological polar surface area (TPSA) is 87.1 Å². The fourth-order valence-corrected chi connectivity index (χ4v) is 1.66. The Morgan fingerprint density at radius 3 is 2.33 bits per heavy atom. The number of likely N-dealkylation sites (N-methyl/N-ethyl adjacent to an activating group) is 1. The van der Waals surface area contributed by atoms with E-state index >= 15 is 0 Å². The van der Waals surface area contributed by atoms with Crippen LogP contribution in [0.25, 0.3) is 0 Å². The number of ether oxygens (including phenoxy) is 1. The van der Waals surface area contributed by atoms with Crippen LogP contribution in [-0.2, 0) is 9.53 Å². The zero-order chi connectivity index (χ0) is 16.4. The minimum Gasteiger partial charge on any atom is -0.505 e. The fourth-order valence-electron chi connectivity index (χ4n) is 1.66. The lowest BCUT2D eigenvalue weighted by Crippen LogP contribution is -2.39. The van der Waals surface area contributed by atoms with Gasteiger partial charge in [-0.2, -0.15) is 0 Å². The van der Waals surface area contributed by atoms with Gasteiger partial charge in [-0.15, -0.1) is 0 Å². The summed E-state index contributed by atoms with van der Waals surface area (Å²) in [5.74, 6) is -2.90. The van der Waals surface area contributed by atoms with Gasteiger partial charge in [0, 0.05) is 7.05 Å². The van der Waals surface area contributed by atoms with E-state index in [2.05, 4.69) is 0 Å². The van der Waals surface area contributed by atoms with Crippen LogP contribution in [0.15, 0.2) is 18.2 Å². The number of aromatic hydroxyl groups is 1. The lowest BCUT2D eigenvalue weighted by atomic mass is 10.1. The first-order valence-electron chi connectivity index (χ1n) is 6.20. The molecule has 0 aliphatic heterocycles. The molecule has 1 amide bonds. The van der Waals surface area contributed by atoms with Gasteiger partial charge in [0.2, 0.25) is 0 Å². The molecule has 6 nitrogen and oxygen atoms in total. The Labute approximate surface area is 121 Å². The van der Waals surface area contributed by atoms with Crippen LogP contribution in [0, 0.1) is 5.82 Å². The summed E-state index contributed by atoms with van der Waals surface area (Å²) in [6, 6.07) is 1.71. The summed E-state index contributed by atoms with van der Waals surface area (Å²) in [6.07, 6.45) is -0.844. The average Bonchev–Trinajstić information content (AvgIpc) is 2.31. The number of hydrogen-bond donors (Lipinski definition) is 2. The molecule has 1 unspecified atom stereocenters. The average molecular weight is 299 g/mol. The molecule has 0 saturated heterocycles. The minimum absolute atomic E-state index is 0.0196. The maximum atomic E-state index is 13.4. The van der Waals surface area contributed by atoms with Crippen molar-refractivity contribution in [3.63, 3.8) is 0 Å². The van der Waals surface area contributed by atoms with Gasteiger partial charge in [-0.1, -0.05) is 6.07 Å². The van der Waals surface area contributed by atoms with Crippen molar-refractivity contribution in [3.8, 4) is 5.75 Å². The van der Waals surface area contributed by atoms with Crippen LogP contribution < -0.4 is 0 Å². The molecule has 1 aromatic carbocycles. The predicted octanol–water partition coefficient (Wildman–Crippen LogP) is 2.52. The number of hydrogen-bond acceptors (Lipinski definition) is 4. The van der Waals surface area contributed by atoms with Crippen molar-refractivity contribution >= 4 is 12.1 Å². The van der Waals surface area contributed by atoms with E-state index < -0.39 is 35.3 Å². The standard InChI is InChI=1S/C14H18FNO5/c1-14(2,3)21-13(20)16(4)11(12(18)19)8-5-6-10(17)9(15)7-8/h5-7,11,17H,1-4H3,(H,18,19). The van der Waals surface area contributed by atoms with Gasteiger partial charge in [-0.25, -0.2) is 14.0 Å². The van der Waals surface area contributed by atoms with E-state index in [0.717, 1.165) is 17.0 Å². The molecular weight excluding hydrogens is 281 g/mol. The highest BCUT2D eigenvalue weighted by atomic mass is 19.1. The van der Waals surface area contributed by atoms with Crippen molar-refractivity contribution in [2.45, 2.75) is 32.4 Å². The van der Waals surface area contributed by atoms with Gasteiger partial charge in [-0.3, -0.25) is 4.90 Å². The van der Waals surface area contributed by atoms with Crippen molar-refractivity contribution in [2.75, 3.05) is 7.05 Å². The zero-order valence-corrected chi connectivity index (χ0v) is 12.3. The van der Waals surface area contributed by atoms with E-state index in [9.17, 15) is 19.1 Å². The van der Waals surface area contributed by atoms with Crippen LogP contribution in [0.1, 0.15) is 32.4 Å². The number of carboxylic acid groups (broad SMARTS) is 1. The number of aliphatic carboxylic acids is 1. The van der Waals surface area contributed by atoms with E-state index in [1.165, 1.54) is 13.1 Å². The first-order chi connectivity index (χ1) is 9.53. The van der Waals surface area contributed by atoms with Crippen molar-refractivity contribution in [1.29, 1.82) is 0 Å². The number of phenolic OH excluding ortho intramolecular Hbond substituents is 1. The molecule has 0 fully saturated rings. The van der Waals surface area contributed by atoms with Gasteiger partial charge < -0.3 is 14.9 Å². The largest absolute Gasteiger partial charge is 0.505 e. The Kier molecular flexibility index (Phi) is 4.77. The van der Waals surface area contributed by atoms with Crippen LogP contribution in [0.5, 0.6) is 5.75 Å². The summed E-state index contributed by atoms with van der Waals surface area (Å²) in [5.41, 5.74) is -0.764. The lowest BCUT2D eigenvalue weighted by molar-refractivity contribution is -0.142. The van der Waals surface area contributed by atoms with Crippen LogP contribution >= 0.6 is 0 Å². The Balaban J connectivity index is 3.09. The molecule has 0 bridgehead atoms. The highest BCUT2D eigenvalue weighted by Gasteiger charge is 2.31. The van der Waals surface area contributed by atoms with Crippen molar-refractivity contribution in [3.05, 3.63) is 29.6 Å². The van der Waals surface area contributed by atoms with E-state index in [-0.39, 0.29) is 5.56 Å². The van der Waals surface area contributed by atoms with E-state index in [0.29, 0.717) is 0 Å². The lowest BCUT2D eigenvalue weighted by Gasteiger charge is -2.28. The van der Waals surface area contributed by atoms with E-state index in [1.807, 2.05) is 0 Å². The minimum atomic E-state index is -1.42. The number of halogens is 1. The number of carbonyl (C=O) groups excluding carboxylic acids is 1. The summed E-state index contributed by atoms with van der Waals surface area (Å²) in [4.78, 5) is 24.2. The molecule has 0 aliphatic rings. The van der Waals surface area contributed by atoms with Crippen molar-refractivity contribution in [2.24, 2.45) is 0 Å². The van der Waals surface area contributed by atoms with Crippen LogP contribution in [0.3, 0.4) is 0 Å². The molecule has 1 atom stereocenters. The quantitative estimate of drug-likeness (QED) is 0.895. The number of carbonyl (C=O) groups is 2. The zero-order valence-electron chi connectivity index (χ0n) is 12.3. The third kappa shape index (κ3) is 4.34. The van der Waals surface area contributed by atoms with Crippen molar-refractivity contribution in [1.82, 2.24) is 4.90 Å². The van der Waals surface area contributed by atoms with Crippen LogP contribution in [0.2, 0.25) is 0 Å². The van der Waals surface area contributed by atoms with E-state index in [1.54, 1.807) is 20.8 Å². The maximum Gasteiger partial charge on any atom is 0.411 e. The summed E-state index contributed by atoms with van der Waals surface area (Å²) in [7, 11) is 1.25. The first-order valence-corrected chi connectivity index (χ1v) is 6.20. The molecule has 0 aromatic heterocycles. The van der Waals surface area contributed by atoms with Crippen molar-refractivity contribution < 1.29 is 28.9 Å². The molecule has 0 heterocycles. The fraction of sp³-hybridized carbons (Fsp3) is 0.429. The molecule has 2 N–H and O–H groups in total. The molecule has 0 aliphatic carbocycles. The monoisotopic (exact) mass is 299 g/mol. The molecular formula is C14H18FNO5. The molecule has 1 aromatic rings. The smallest absolute Gasteiger partial charge is 0.411 e. The number of amides is 1. The van der Waals surface area contributed by atoms with Gasteiger partial charge in [-0.05, 0) is 38.5 Å². The second-order valence-corrected chi connectivity index (χ2v) is 5.54. The molecule has 116 valence electrons. The van der Waals surface area contributed by atoms with Crippen LogP contribution in [-0.4, -0.2) is 39.8 Å². The second-order valence-electron chi connectivity index (χ2n) is 5.54. The number of benzene rings is 1. The number of rotatable bonds is 3. The summed E-state index contributed by atoms with van der Waals surface area (Å²) < 4.78 is 18.4. The molecule has 0 radical (unpaired) electrons. The highest BCUT2D eigenvalue weighted by molar-refractivity contribution is 5.81. The van der Waals surface area contributed by atoms with Gasteiger partial charge in [0.05, 0.1) is 0 Å². The number of nitrogens with zero attached hydrogens (tertiary/aromatic N) is 1. The van der Waals surface area contributed by atoms with Gasteiger partial charge in [0.15, 0.2) is 17.6 Å². The second kappa shape index (κ2) is 5.99. The Hall–Kier alpha value is -2.31. The Bertz CT molecular complexity index is 553. The maximum absolute atomic E-state index is 13.4. The molecule has 0 saturated carbocycles. The van der Waals surface area contributed by atoms with Gasteiger partial charge in [0.1, 0.15) is 5.60 Å². The normalized spacial score (nSPS) is 12.6. The molecule has 21 heavy (non-hydrogen) atoms. The molecule has 0 spiro atoms. The van der Waals surface area contributed by atoms with E-state index in [4.69, 9.17) is 9.84 Å². The van der Waals surface area contributed by atoms with Gasteiger partial charge >= 0.3 is 12.1 Å². The van der Waals surface area contributed by atoms with Gasteiger partial charge in [0.25, 0.3) is 0 Å². The SMILES string of the molecule is CN(C(=O)OC(C)(C)C)C(C(=O)O)c1ccc(O)c(F)c1. The third-order valence-corrected chi connectivity index (χ3v) is 2.59. The number of phenols is 1. The first kappa shape index (κ1) is 16.7. The Morgan fingerprint density at radius 1 is 1.33 bits per heavy atom. The van der Waals surface area contributed by atoms with Crippen LogP contribution in [0.4, 0.5) is 9.18 Å².